The predicted octanol–water partition coefficient (Wildman–Crippen LogP) is 3.97. The van der Waals surface area contributed by atoms with E-state index in [0.717, 1.165) is 11.7 Å². The third-order valence-corrected chi connectivity index (χ3v) is 3.98. The maximum absolute atomic E-state index is 4.84. The molecule has 0 fully saturated rings. The van der Waals surface area contributed by atoms with E-state index in [9.17, 15) is 0 Å². The number of hydrogen-bond donors (Lipinski definition) is 0. The summed E-state index contributed by atoms with van der Waals surface area (Å²) in [7, 11) is 0. The van der Waals surface area contributed by atoms with Crippen molar-refractivity contribution in [2.75, 3.05) is 17.7 Å². The first-order valence-corrected chi connectivity index (χ1v) is 7.60. The van der Waals surface area contributed by atoms with Crippen molar-refractivity contribution in [3.05, 3.63) is 66.2 Å². The van der Waals surface area contributed by atoms with Gasteiger partial charge in [0, 0.05) is 5.69 Å². The molecule has 1 aliphatic heterocycles. The highest BCUT2D eigenvalue weighted by Gasteiger charge is 2.26. The van der Waals surface area contributed by atoms with E-state index in [0.29, 0.717) is 0 Å². The first-order chi connectivity index (χ1) is 9.38. The summed E-state index contributed by atoms with van der Waals surface area (Å²) < 4.78 is 0. The number of nitrogens with zero attached hydrogens (tertiary/aromatic N) is 2. The van der Waals surface area contributed by atoms with Crippen LogP contribution in [0.1, 0.15) is 11.6 Å². The molecule has 2 aromatic carbocycles. The molecule has 0 saturated carbocycles. The van der Waals surface area contributed by atoms with Crippen LogP contribution in [0, 0.1) is 0 Å². The number of para-hydroxylation sites is 1. The van der Waals surface area contributed by atoms with Crippen LogP contribution < -0.4 is 4.90 Å². The van der Waals surface area contributed by atoms with Crippen LogP contribution in [0.25, 0.3) is 0 Å². The molecule has 0 amide bonds. The van der Waals surface area contributed by atoms with Crippen molar-refractivity contribution in [1.29, 1.82) is 0 Å². The van der Waals surface area contributed by atoms with E-state index in [1.54, 1.807) is 11.8 Å². The molecule has 0 aliphatic carbocycles. The fourth-order valence-electron chi connectivity index (χ4n) is 2.34. The highest BCUT2D eigenvalue weighted by Crippen LogP contribution is 2.31. The number of benzene rings is 2. The van der Waals surface area contributed by atoms with Crippen molar-refractivity contribution in [2.45, 2.75) is 6.04 Å². The Hall–Kier alpha value is -1.74. The minimum Gasteiger partial charge on any atom is -0.319 e. The van der Waals surface area contributed by atoms with Gasteiger partial charge in [0.1, 0.15) is 0 Å². The van der Waals surface area contributed by atoms with Gasteiger partial charge in [0.25, 0.3) is 0 Å². The van der Waals surface area contributed by atoms with Gasteiger partial charge in [0.05, 0.1) is 12.6 Å². The topological polar surface area (TPSA) is 15.6 Å². The molecule has 3 heteroatoms. The summed E-state index contributed by atoms with van der Waals surface area (Å²) in [5, 5.41) is 1.10. The summed E-state index contributed by atoms with van der Waals surface area (Å²) >= 11 is 1.71. The monoisotopic (exact) mass is 268 g/mol. The summed E-state index contributed by atoms with van der Waals surface area (Å²) in [6.07, 6.45) is 2.09. The Labute approximate surface area is 118 Å². The van der Waals surface area contributed by atoms with Gasteiger partial charge in [-0.15, -0.1) is 0 Å². The summed E-state index contributed by atoms with van der Waals surface area (Å²) in [4.78, 5) is 7.13. The molecular formula is C16H16N2S. The fourth-order valence-corrected chi connectivity index (χ4v) is 2.97. The maximum Gasteiger partial charge on any atom is 0.164 e. The second-order valence-corrected chi connectivity index (χ2v) is 5.26. The molecule has 2 nitrogen and oxygen atoms in total. The molecule has 1 heterocycles. The van der Waals surface area contributed by atoms with Crippen molar-refractivity contribution in [1.82, 2.24) is 0 Å². The molecule has 2 aromatic rings. The summed E-state index contributed by atoms with van der Waals surface area (Å²) in [6, 6.07) is 21.2. The Morgan fingerprint density at radius 3 is 2.26 bits per heavy atom. The first kappa shape index (κ1) is 12.3. The van der Waals surface area contributed by atoms with Gasteiger partial charge in [-0.25, -0.2) is 0 Å². The average Bonchev–Trinajstić information content (AvgIpc) is 2.93. The molecule has 0 radical (unpaired) electrons. The van der Waals surface area contributed by atoms with Crippen LogP contribution in [0.2, 0.25) is 0 Å². The van der Waals surface area contributed by atoms with Gasteiger partial charge < -0.3 is 4.90 Å². The fraction of sp³-hybridized carbons (Fsp3) is 0.188. The van der Waals surface area contributed by atoms with E-state index in [1.807, 2.05) is 12.1 Å². The minimum absolute atomic E-state index is 0.240. The summed E-state index contributed by atoms with van der Waals surface area (Å²) in [5.41, 5.74) is 2.50. The smallest absolute Gasteiger partial charge is 0.164 e. The third kappa shape index (κ3) is 2.51. The lowest BCUT2D eigenvalue weighted by atomic mass is 10.1. The molecule has 0 saturated heterocycles. The van der Waals surface area contributed by atoms with Gasteiger partial charge in [0.2, 0.25) is 0 Å². The van der Waals surface area contributed by atoms with Crippen LogP contribution in [-0.2, 0) is 0 Å². The lowest BCUT2D eigenvalue weighted by Gasteiger charge is -2.19. The second-order valence-electron chi connectivity index (χ2n) is 4.49. The van der Waals surface area contributed by atoms with Crippen LogP contribution in [0.5, 0.6) is 0 Å². The number of amidine groups is 1. The SMILES string of the molecule is CSC1=N[C@@H](c2ccccc2)CN1c1ccccc1. The first-order valence-electron chi connectivity index (χ1n) is 6.38. The highest BCUT2D eigenvalue weighted by molar-refractivity contribution is 8.13. The van der Waals surface area contributed by atoms with Crippen molar-refractivity contribution in [2.24, 2.45) is 4.99 Å². The molecule has 0 N–H and O–H groups in total. The zero-order chi connectivity index (χ0) is 13.1. The average molecular weight is 268 g/mol. The molecular weight excluding hydrogens is 252 g/mol. The lowest BCUT2D eigenvalue weighted by Crippen LogP contribution is -2.25. The molecule has 19 heavy (non-hydrogen) atoms. The van der Waals surface area contributed by atoms with E-state index in [4.69, 9.17) is 4.99 Å². The molecule has 3 rings (SSSR count). The number of anilines is 1. The van der Waals surface area contributed by atoms with E-state index < -0.39 is 0 Å². The van der Waals surface area contributed by atoms with Gasteiger partial charge >= 0.3 is 0 Å². The van der Waals surface area contributed by atoms with Gasteiger partial charge in [-0.05, 0) is 24.0 Å². The Morgan fingerprint density at radius 1 is 1.00 bits per heavy atom. The third-order valence-electron chi connectivity index (χ3n) is 3.29. The Bertz CT molecular complexity index is 566. The van der Waals surface area contributed by atoms with E-state index in [2.05, 4.69) is 59.7 Å². The standard InChI is InChI=1S/C16H16N2S/c1-19-16-17-15(13-8-4-2-5-9-13)12-18(16)14-10-6-3-7-11-14/h2-11,15H,12H2,1H3/t15-/m1/s1. The van der Waals surface area contributed by atoms with Crippen molar-refractivity contribution in [3.8, 4) is 0 Å². The Morgan fingerprint density at radius 2 is 1.63 bits per heavy atom. The Kier molecular flexibility index (Phi) is 3.56. The van der Waals surface area contributed by atoms with Gasteiger partial charge in [0.15, 0.2) is 5.17 Å². The van der Waals surface area contributed by atoms with Crippen LogP contribution in [0.4, 0.5) is 5.69 Å². The minimum atomic E-state index is 0.240. The number of hydrogen-bond acceptors (Lipinski definition) is 3. The van der Waals surface area contributed by atoms with Crippen LogP contribution >= 0.6 is 11.8 Å². The van der Waals surface area contributed by atoms with Gasteiger partial charge in [-0.1, -0.05) is 60.3 Å². The summed E-state index contributed by atoms with van der Waals surface area (Å²) in [5.74, 6) is 0. The zero-order valence-corrected chi connectivity index (χ0v) is 11.7. The van der Waals surface area contributed by atoms with Crippen LogP contribution in [0.3, 0.4) is 0 Å². The highest BCUT2D eigenvalue weighted by atomic mass is 32.2. The molecule has 1 aliphatic rings. The molecule has 0 bridgehead atoms. The molecule has 96 valence electrons. The van der Waals surface area contributed by atoms with Gasteiger partial charge in [-0.3, -0.25) is 4.99 Å². The lowest BCUT2D eigenvalue weighted by molar-refractivity contribution is 0.780. The van der Waals surface area contributed by atoms with Crippen LogP contribution in [0.15, 0.2) is 65.7 Å². The van der Waals surface area contributed by atoms with Gasteiger partial charge in [-0.2, -0.15) is 0 Å². The normalized spacial score (nSPS) is 18.5. The maximum atomic E-state index is 4.84. The summed E-state index contributed by atoms with van der Waals surface area (Å²) in [6.45, 7) is 0.921. The van der Waals surface area contributed by atoms with Crippen molar-refractivity contribution in [3.63, 3.8) is 0 Å². The largest absolute Gasteiger partial charge is 0.319 e. The molecule has 1 atom stereocenters. The number of thioether (sulfide) groups is 1. The molecule has 0 unspecified atom stereocenters. The van der Waals surface area contributed by atoms with E-state index in [-0.39, 0.29) is 6.04 Å². The number of aliphatic imine (C=N–C) groups is 1. The van der Waals surface area contributed by atoms with Crippen molar-refractivity contribution >= 4 is 22.6 Å². The van der Waals surface area contributed by atoms with Crippen molar-refractivity contribution < 1.29 is 0 Å². The predicted molar refractivity (Wildman–Crippen MR) is 83.9 cm³/mol. The van der Waals surface area contributed by atoms with E-state index in [1.165, 1.54) is 11.3 Å². The zero-order valence-electron chi connectivity index (χ0n) is 10.9. The second kappa shape index (κ2) is 5.49. The van der Waals surface area contributed by atoms with E-state index >= 15 is 0 Å². The quantitative estimate of drug-likeness (QED) is 0.819. The molecule has 0 aromatic heterocycles. The Balaban J connectivity index is 1.89. The van der Waals surface area contributed by atoms with Crippen LogP contribution in [-0.4, -0.2) is 18.0 Å². The number of rotatable bonds is 2. The molecule has 0 spiro atoms.